The van der Waals surface area contributed by atoms with E-state index < -0.39 is 11.0 Å². The van der Waals surface area contributed by atoms with Gasteiger partial charge in [-0.05, 0) is 48.9 Å². The second-order valence-corrected chi connectivity index (χ2v) is 8.23. The summed E-state index contributed by atoms with van der Waals surface area (Å²) in [5.41, 5.74) is 2.04. The third-order valence-electron chi connectivity index (χ3n) is 3.53. The zero-order chi connectivity index (χ0) is 19.6. The fourth-order valence-corrected chi connectivity index (χ4v) is 4.61. The number of thiazole rings is 1. The van der Waals surface area contributed by atoms with E-state index in [1.54, 1.807) is 18.2 Å². The Morgan fingerprint density at radius 1 is 1.22 bits per heavy atom. The van der Waals surface area contributed by atoms with Gasteiger partial charge < -0.3 is 10.0 Å². The number of hydrogen-bond acceptors (Lipinski definition) is 4. The van der Waals surface area contributed by atoms with E-state index in [1.165, 1.54) is 42.5 Å². The number of aryl methyl sites for hydroxylation is 1. The van der Waals surface area contributed by atoms with Crippen molar-refractivity contribution in [1.29, 1.82) is 0 Å². The van der Waals surface area contributed by atoms with Gasteiger partial charge in [-0.25, -0.2) is 13.6 Å². The van der Waals surface area contributed by atoms with Crippen molar-refractivity contribution in [3.8, 4) is 10.4 Å². The Balaban J connectivity index is 1.90. The zero-order valence-electron chi connectivity index (χ0n) is 14.4. The molecule has 1 amide bonds. The van der Waals surface area contributed by atoms with Crippen LogP contribution in [0.25, 0.3) is 10.4 Å². The maximum Gasteiger partial charge on any atom is 0.223 e. The van der Waals surface area contributed by atoms with E-state index >= 15 is 0 Å². The molecule has 9 heteroatoms. The number of hydrogen-bond donors (Lipinski definition) is 2. The number of carbonyl (C=O) groups is 1. The van der Waals surface area contributed by atoms with Gasteiger partial charge in [0.15, 0.2) is 16.1 Å². The van der Waals surface area contributed by atoms with Crippen molar-refractivity contribution in [3.63, 3.8) is 0 Å². The van der Waals surface area contributed by atoms with Crippen molar-refractivity contribution in [3.05, 3.63) is 59.0 Å². The fraction of sp³-hybridized carbons (Fsp3) is 0.111. The lowest BCUT2D eigenvalue weighted by molar-refractivity contribution is -0.114. The first kappa shape index (κ1) is 19.5. The average molecular weight is 424 g/mol. The van der Waals surface area contributed by atoms with E-state index in [2.05, 4.69) is 15.0 Å². The molecule has 0 bridgehead atoms. The molecule has 2 N–H and O–H groups in total. The molecule has 1 atom stereocenters. The highest BCUT2D eigenvalue weighted by Crippen LogP contribution is 2.35. The third-order valence-corrected chi connectivity index (χ3v) is 6.25. The van der Waals surface area contributed by atoms with E-state index in [-0.39, 0.29) is 11.7 Å². The Morgan fingerprint density at radius 3 is 2.59 bits per heavy atom. The van der Waals surface area contributed by atoms with Gasteiger partial charge in [-0.2, -0.15) is 0 Å². The van der Waals surface area contributed by atoms with Crippen molar-refractivity contribution < 1.29 is 13.4 Å². The lowest BCUT2D eigenvalue weighted by Crippen LogP contribution is -2.05. The number of benzene rings is 2. The van der Waals surface area contributed by atoms with Gasteiger partial charge in [-0.1, -0.05) is 29.0 Å². The van der Waals surface area contributed by atoms with Crippen LogP contribution in [-0.4, -0.2) is 15.1 Å². The number of halogens is 2. The Kier molecular flexibility index (Phi) is 5.88. The molecular weight excluding hydrogens is 409 g/mol. The minimum absolute atomic E-state index is 0.198. The normalized spacial score (nSPS) is 11.9. The smallest absolute Gasteiger partial charge is 0.223 e. The third kappa shape index (κ3) is 4.71. The number of nitrogens with one attached hydrogen (secondary N) is 2. The number of nitrogens with zero attached hydrogens (tertiary/aromatic N) is 1. The Bertz CT molecular complexity index is 1020. The molecule has 0 aliphatic carbocycles. The molecule has 0 radical (unpaired) electrons. The van der Waals surface area contributed by atoms with Gasteiger partial charge in [0.05, 0.1) is 20.5 Å². The first-order valence-corrected chi connectivity index (χ1v) is 10.2. The molecule has 140 valence electrons. The van der Waals surface area contributed by atoms with Crippen molar-refractivity contribution in [2.75, 3.05) is 10.0 Å². The molecule has 0 aliphatic heterocycles. The number of amides is 1. The van der Waals surface area contributed by atoms with E-state index in [4.69, 9.17) is 11.6 Å². The minimum Gasteiger partial charge on any atom is -0.302 e. The zero-order valence-corrected chi connectivity index (χ0v) is 16.8. The van der Waals surface area contributed by atoms with Gasteiger partial charge in [-0.15, -0.1) is 0 Å². The number of aromatic nitrogens is 1. The van der Waals surface area contributed by atoms with Gasteiger partial charge in [0.1, 0.15) is 5.82 Å². The predicted octanol–water partition coefficient (Wildman–Crippen LogP) is 5.00. The SMILES string of the molecule is CC(=O)Nc1nc(C)c(-c2ccc(Cl)c(S(=O)Nc3ccc(F)cc3)c2)s1. The van der Waals surface area contributed by atoms with Crippen LogP contribution in [0.2, 0.25) is 5.02 Å². The van der Waals surface area contributed by atoms with Gasteiger partial charge in [0.25, 0.3) is 0 Å². The molecule has 0 saturated heterocycles. The summed E-state index contributed by atoms with van der Waals surface area (Å²) in [7, 11) is -1.64. The van der Waals surface area contributed by atoms with Gasteiger partial charge in [0, 0.05) is 12.6 Å². The number of anilines is 2. The highest BCUT2D eigenvalue weighted by molar-refractivity contribution is 7.86. The van der Waals surface area contributed by atoms with E-state index in [9.17, 15) is 13.4 Å². The number of rotatable bonds is 5. The predicted molar refractivity (Wildman–Crippen MR) is 108 cm³/mol. The van der Waals surface area contributed by atoms with Crippen LogP contribution in [0.3, 0.4) is 0 Å². The summed E-state index contributed by atoms with van der Waals surface area (Å²) < 4.78 is 28.5. The van der Waals surface area contributed by atoms with Crippen LogP contribution in [0.15, 0.2) is 47.4 Å². The second-order valence-electron chi connectivity index (χ2n) is 5.64. The topological polar surface area (TPSA) is 71.1 Å². The van der Waals surface area contributed by atoms with Crippen molar-refractivity contribution in [2.24, 2.45) is 0 Å². The van der Waals surface area contributed by atoms with Crippen LogP contribution in [0.1, 0.15) is 12.6 Å². The van der Waals surface area contributed by atoms with Gasteiger partial charge >= 0.3 is 0 Å². The van der Waals surface area contributed by atoms with E-state index in [0.717, 1.165) is 16.1 Å². The average Bonchev–Trinajstić information content (AvgIpc) is 2.96. The molecule has 0 spiro atoms. The maximum atomic E-state index is 13.0. The van der Waals surface area contributed by atoms with Crippen molar-refractivity contribution in [1.82, 2.24) is 4.98 Å². The van der Waals surface area contributed by atoms with Crippen LogP contribution in [0, 0.1) is 12.7 Å². The molecule has 27 heavy (non-hydrogen) atoms. The highest BCUT2D eigenvalue weighted by Gasteiger charge is 2.15. The molecule has 1 aromatic heterocycles. The summed E-state index contributed by atoms with van der Waals surface area (Å²) in [6.45, 7) is 3.25. The van der Waals surface area contributed by atoms with Crippen LogP contribution >= 0.6 is 22.9 Å². The Labute approximate surface area is 167 Å². The molecule has 3 aromatic rings. The van der Waals surface area contributed by atoms with Crippen LogP contribution in [0.5, 0.6) is 0 Å². The van der Waals surface area contributed by atoms with Gasteiger partial charge in [0.2, 0.25) is 5.91 Å². The molecule has 3 rings (SSSR count). The lowest BCUT2D eigenvalue weighted by Gasteiger charge is -2.09. The summed E-state index contributed by atoms with van der Waals surface area (Å²) in [4.78, 5) is 16.8. The molecule has 1 heterocycles. The largest absolute Gasteiger partial charge is 0.302 e. The van der Waals surface area contributed by atoms with Crippen molar-refractivity contribution >= 4 is 50.6 Å². The van der Waals surface area contributed by atoms with E-state index in [1.807, 2.05) is 6.92 Å². The maximum absolute atomic E-state index is 13.0. The quantitative estimate of drug-likeness (QED) is 0.606. The van der Waals surface area contributed by atoms with Gasteiger partial charge in [-0.3, -0.25) is 4.79 Å². The molecule has 1 unspecified atom stereocenters. The van der Waals surface area contributed by atoms with Crippen LogP contribution in [-0.2, 0) is 15.8 Å². The molecule has 0 saturated carbocycles. The first-order valence-electron chi connectivity index (χ1n) is 7.82. The summed E-state index contributed by atoms with van der Waals surface area (Å²) >= 11 is 7.55. The minimum atomic E-state index is -1.64. The van der Waals surface area contributed by atoms with Crippen molar-refractivity contribution in [2.45, 2.75) is 18.7 Å². The summed E-state index contributed by atoms with van der Waals surface area (Å²) in [6, 6.07) is 10.7. The Hall–Kier alpha value is -2.29. The molecule has 0 aliphatic rings. The molecule has 0 fully saturated rings. The lowest BCUT2D eigenvalue weighted by atomic mass is 10.2. The highest BCUT2D eigenvalue weighted by atomic mass is 35.5. The first-order chi connectivity index (χ1) is 12.8. The van der Waals surface area contributed by atoms with E-state index in [0.29, 0.717) is 20.7 Å². The molecule has 5 nitrogen and oxygen atoms in total. The summed E-state index contributed by atoms with van der Waals surface area (Å²) in [6.07, 6.45) is 0. The number of carbonyl (C=O) groups excluding carboxylic acids is 1. The summed E-state index contributed by atoms with van der Waals surface area (Å²) in [5, 5.41) is 3.50. The second kappa shape index (κ2) is 8.16. The van der Waals surface area contributed by atoms with Crippen LogP contribution in [0.4, 0.5) is 15.2 Å². The Morgan fingerprint density at radius 2 is 1.93 bits per heavy atom. The molecular formula is C18H15ClFN3O2S2. The summed E-state index contributed by atoms with van der Waals surface area (Å²) in [5.74, 6) is -0.571. The fourth-order valence-electron chi connectivity index (χ4n) is 2.33. The standard InChI is InChI=1S/C18H15ClFN3O2S2/c1-10-17(26-18(21-10)22-11(2)24)12-3-8-15(19)16(9-12)27(25)23-14-6-4-13(20)5-7-14/h3-9,23H,1-2H3,(H,21,22,24). The monoisotopic (exact) mass is 423 g/mol. The molecule has 2 aromatic carbocycles. The van der Waals surface area contributed by atoms with Crippen LogP contribution < -0.4 is 10.0 Å².